The predicted octanol–water partition coefficient (Wildman–Crippen LogP) is 3.59. The van der Waals surface area contributed by atoms with Crippen LogP contribution in [-0.2, 0) is 6.42 Å². The van der Waals surface area contributed by atoms with Crippen molar-refractivity contribution in [3.8, 4) is 22.6 Å². The van der Waals surface area contributed by atoms with Crippen LogP contribution in [0.5, 0.6) is 11.5 Å². The maximum Gasteiger partial charge on any atom is 0.255 e. The molecule has 2 aliphatic rings. The highest BCUT2D eigenvalue weighted by molar-refractivity contribution is 6.97. The summed E-state index contributed by atoms with van der Waals surface area (Å²) in [7, 11) is 0. The van der Waals surface area contributed by atoms with Crippen molar-refractivity contribution in [3.63, 3.8) is 0 Å². The van der Waals surface area contributed by atoms with Gasteiger partial charge in [0.2, 0.25) is 0 Å². The molecular formula is C26H21BN2O. The van der Waals surface area contributed by atoms with E-state index in [1.807, 2.05) is 13.1 Å². The number of benzene rings is 2. The van der Waals surface area contributed by atoms with Gasteiger partial charge in [-0.3, -0.25) is 9.97 Å². The molecule has 0 bridgehead atoms. The SMILES string of the molecule is Cc1cc2c(cn1)B1c3cnc(C)cc3Oc3c(C)cc(-c4ccccc4)c(c31)C2. The molecule has 0 saturated carbocycles. The molecule has 3 nitrogen and oxygen atoms in total. The molecule has 144 valence electrons. The van der Waals surface area contributed by atoms with Crippen LogP contribution >= 0.6 is 0 Å². The maximum atomic E-state index is 6.51. The van der Waals surface area contributed by atoms with Crippen molar-refractivity contribution in [2.24, 2.45) is 0 Å². The lowest BCUT2D eigenvalue weighted by Crippen LogP contribution is -2.60. The van der Waals surface area contributed by atoms with Gasteiger partial charge in [-0.05, 0) is 83.5 Å². The minimum atomic E-state index is 0.103. The van der Waals surface area contributed by atoms with E-state index in [1.54, 1.807) is 0 Å². The van der Waals surface area contributed by atoms with Gasteiger partial charge in [0.25, 0.3) is 6.71 Å². The quantitative estimate of drug-likeness (QED) is 0.404. The molecule has 0 fully saturated rings. The Kier molecular flexibility index (Phi) is 3.67. The number of aromatic nitrogens is 2. The van der Waals surface area contributed by atoms with E-state index in [1.165, 1.54) is 38.7 Å². The van der Waals surface area contributed by atoms with Gasteiger partial charge in [0.1, 0.15) is 11.5 Å². The van der Waals surface area contributed by atoms with Crippen LogP contribution in [0.25, 0.3) is 11.1 Å². The molecule has 0 radical (unpaired) electrons. The maximum absolute atomic E-state index is 6.51. The highest BCUT2D eigenvalue weighted by Crippen LogP contribution is 2.37. The van der Waals surface area contributed by atoms with Crippen molar-refractivity contribution in [2.45, 2.75) is 27.2 Å². The smallest absolute Gasteiger partial charge is 0.255 e. The highest BCUT2D eigenvalue weighted by Gasteiger charge is 2.40. The molecule has 2 aromatic heterocycles. The van der Waals surface area contributed by atoms with Gasteiger partial charge >= 0.3 is 0 Å². The lowest BCUT2D eigenvalue weighted by atomic mass is 9.32. The first kappa shape index (κ1) is 17.5. The van der Waals surface area contributed by atoms with E-state index in [0.29, 0.717) is 0 Å². The van der Waals surface area contributed by atoms with Crippen molar-refractivity contribution in [2.75, 3.05) is 0 Å². The Bertz CT molecular complexity index is 1320. The van der Waals surface area contributed by atoms with Crippen LogP contribution in [0.1, 0.15) is 28.1 Å². The molecule has 0 aliphatic carbocycles. The van der Waals surface area contributed by atoms with Gasteiger partial charge in [-0.15, -0.1) is 0 Å². The minimum absolute atomic E-state index is 0.103. The number of nitrogens with zero attached hydrogens (tertiary/aromatic N) is 2. The third-order valence-electron chi connectivity index (χ3n) is 6.38. The fraction of sp³-hybridized carbons (Fsp3) is 0.154. The Hall–Kier alpha value is -3.40. The van der Waals surface area contributed by atoms with E-state index in [-0.39, 0.29) is 6.71 Å². The normalized spacial score (nSPS) is 13.2. The monoisotopic (exact) mass is 388 g/mol. The highest BCUT2D eigenvalue weighted by atomic mass is 16.5. The molecule has 0 saturated heterocycles. The average molecular weight is 388 g/mol. The third kappa shape index (κ3) is 2.46. The van der Waals surface area contributed by atoms with Crippen molar-refractivity contribution < 1.29 is 4.74 Å². The first-order valence-corrected chi connectivity index (χ1v) is 10.4. The van der Waals surface area contributed by atoms with Gasteiger partial charge in [0.15, 0.2) is 0 Å². The molecule has 2 aromatic carbocycles. The minimum Gasteiger partial charge on any atom is -0.458 e. The number of pyridine rings is 2. The van der Waals surface area contributed by atoms with E-state index in [9.17, 15) is 0 Å². The summed E-state index contributed by atoms with van der Waals surface area (Å²) in [5.74, 6) is 1.91. The Balaban J connectivity index is 1.70. The zero-order valence-corrected chi connectivity index (χ0v) is 17.4. The first-order chi connectivity index (χ1) is 14.6. The molecule has 0 spiro atoms. The fourth-order valence-electron chi connectivity index (χ4n) is 5.04. The summed E-state index contributed by atoms with van der Waals surface area (Å²) in [6.45, 7) is 6.33. The predicted molar refractivity (Wildman–Crippen MR) is 122 cm³/mol. The number of ether oxygens (including phenoxy) is 1. The summed E-state index contributed by atoms with van der Waals surface area (Å²) >= 11 is 0. The van der Waals surface area contributed by atoms with Gasteiger partial charge < -0.3 is 4.74 Å². The molecule has 2 aliphatic heterocycles. The second kappa shape index (κ2) is 6.30. The molecule has 4 aromatic rings. The van der Waals surface area contributed by atoms with Crippen LogP contribution in [0.2, 0.25) is 0 Å². The molecule has 0 unspecified atom stereocenters. The molecule has 0 amide bonds. The Morgan fingerprint density at radius 1 is 0.867 bits per heavy atom. The molecule has 0 atom stereocenters. The van der Waals surface area contributed by atoms with Crippen molar-refractivity contribution in [1.29, 1.82) is 0 Å². The second-order valence-electron chi connectivity index (χ2n) is 8.43. The second-order valence-corrected chi connectivity index (χ2v) is 8.43. The number of hydrogen-bond donors (Lipinski definition) is 0. The van der Waals surface area contributed by atoms with E-state index < -0.39 is 0 Å². The molecule has 30 heavy (non-hydrogen) atoms. The average Bonchev–Trinajstić information content (AvgIpc) is 2.75. The van der Waals surface area contributed by atoms with Crippen LogP contribution in [-0.4, -0.2) is 16.7 Å². The van der Waals surface area contributed by atoms with E-state index >= 15 is 0 Å². The Morgan fingerprint density at radius 2 is 1.60 bits per heavy atom. The summed E-state index contributed by atoms with van der Waals surface area (Å²) in [4.78, 5) is 9.26. The summed E-state index contributed by atoms with van der Waals surface area (Å²) in [5, 5.41) is 0. The van der Waals surface area contributed by atoms with Crippen molar-refractivity contribution in [3.05, 3.63) is 89.0 Å². The van der Waals surface area contributed by atoms with Gasteiger partial charge in [-0.25, -0.2) is 0 Å². The number of aryl methyl sites for hydroxylation is 3. The van der Waals surface area contributed by atoms with Crippen molar-refractivity contribution in [1.82, 2.24) is 9.97 Å². The number of fused-ring (bicyclic) bond motifs is 4. The van der Waals surface area contributed by atoms with E-state index in [4.69, 9.17) is 4.74 Å². The first-order valence-electron chi connectivity index (χ1n) is 10.4. The summed E-state index contributed by atoms with van der Waals surface area (Å²) in [6.07, 6.45) is 4.93. The van der Waals surface area contributed by atoms with Gasteiger partial charge in [0.05, 0.1) is 0 Å². The molecular weight excluding hydrogens is 367 g/mol. The van der Waals surface area contributed by atoms with Gasteiger partial charge in [0, 0.05) is 29.8 Å². The molecule has 4 heteroatoms. The lowest BCUT2D eigenvalue weighted by molar-refractivity contribution is 0.482. The summed E-state index contributed by atoms with van der Waals surface area (Å²) in [6, 6.07) is 17.3. The van der Waals surface area contributed by atoms with E-state index in [2.05, 4.69) is 78.5 Å². The van der Waals surface area contributed by atoms with Crippen LogP contribution in [0.3, 0.4) is 0 Å². The third-order valence-corrected chi connectivity index (χ3v) is 6.38. The lowest BCUT2D eigenvalue weighted by Gasteiger charge is -2.35. The Morgan fingerprint density at radius 3 is 2.40 bits per heavy atom. The standard InChI is InChI=1S/C26H21BN2O/c1-15-9-20(18-7-5-4-6-8-18)21-12-19-10-16(2)28-13-22(19)27-23-14-29-17(3)11-24(23)30-26(15)25(21)27/h4-11,13-14H,12H2,1-3H3. The number of hydrogen-bond acceptors (Lipinski definition) is 3. The fourth-order valence-corrected chi connectivity index (χ4v) is 5.04. The summed E-state index contributed by atoms with van der Waals surface area (Å²) < 4.78 is 6.51. The van der Waals surface area contributed by atoms with Crippen LogP contribution in [0.15, 0.2) is 60.9 Å². The number of rotatable bonds is 1. The topological polar surface area (TPSA) is 35.0 Å². The molecule has 4 heterocycles. The largest absolute Gasteiger partial charge is 0.458 e. The van der Waals surface area contributed by atoms with Gasteiger partial charge in [-0.1, -0.05) is 30.3 Å². The van der Waals surface area contributed by atoms with Gasteiger partial charge in [-0.2, -0.15) is 0 Å². The molecule has 6 rings (SSSR count). The zero-order chi connectivity index (χ0) is 20.4. The van der Waals surface area contributed by atoms with Crippen LogP contribution < -0.4 is 21.1 Å². The zero-order valence-electron chi connectivity index (χ0n) is 17.4. The van der Waals surface area contributed by atoms with Crippen LogP contribution in [0, 0.1) is 20.8 Å². The Labute approximate surface area is 176 Å². The molecule has 0 N–H and O–H groups in total. The van der Waals surface area contributed by atoms with E-state index in [0.717, 1.165) is 34.8 Å². The van der Waals surface area contributed by atoms with Crippen molar-refractivity contribution >= 4 is 23.1 Å². The summed E-state index contributed by atoms with van der Waals surface area (Å²) in [5.41, 5.74) is 12.1. The van der Waals surface area contributed by atoms with Crippen LogP contribution in [0.4, 0.5) is 0 Å².